The Balaban J connectivity index is 1.82. The summed E-state index contributed by atoms with van der Waals surface area (Å²) >= 11 is 7.70. The minimum atomic E-state index is -1.24. The monoisotopic (exact) mass is 580 g/mol. The van der Waals surface area contributed by atoms with E-state index in [2.05, 4.69) is 15.3 Å². The van der Waals surface area contributed by atoms with Gasteiger partial charge < -0.3 is 24.6 Å². The molecule has 0 spiro atoms. The topological polar surface area (TPSA) is 140 Å². The van der Waals surface area contributed by atoms with Crippen LogP contribution in [0.4, 0.5) is 4.39 Å². The fourth-order valence-corrected chi connectivity index (χ4v) is 5.01. The number of halogens is 2. The lowest BCUT2D eigenvalue weighted by Crippen LogP contribution is -2.52. The van der Waals surface area contributed by atoms with E-state index in [0.29, 0.717) is 16.4 Å². The fourth-order valence-electron chi connectivity index (χ4n) is 4.15. The first-order valence-corrected chi connectivity index (χ1v) is 13.3. The zero-order valence-corrected chi connectivity index (χ0v) is 22.6. The highest BCUT2D eigenvalue weighted by atomic mass is 35.5. The van der Waals surface area contributed by atoms with Gasteiger partial charge in [-0.05, 0) is 26.0 Å². The molecule has 11 nitrogen and oxygen atoms in total. The number of morpholine rings is 1. The highest BCUT2D eigenvalue weighted by Gasteiger charge is 2.38. The van der Waals surface area contributed by atoms with Crippen molar-refractivity contribution in [1.82, 2.24) is 15.2 Å². The van der Waals surface area contributed by atoms with Gasteiger partial charge in [-0.3, -0.25) is 14.7 Å². The predicted molar refractivity (Wildman–Crippen MR) is 139 cm³/mol. The summed E-state index contributed by atoms with van der Waals surface area (Å²) in [5, 5.41) is 15.1. The van der Waals surface area contributed by atoms with Gasteiger partial charge in [-0.15, -0.1) is 11.3 Å². The van der Waals surface area contributed by atoms with Crippen molar-refractivity contribution in [2.75, 3.05) is 32.9 Å². The number of hydrogen-bond acceptors (Lipinski definition) is 11. The molecule has 1 saturated heterocycles. The van der Waals surface area contributed by atoms with Crippen LogP contribution in [0.2, 0.25) is 5.02 Å². The molecule has 3 atom stereocenters. The number of nitrogens with zero attached hydrogens (tertiary/aromatic N) is 3. The molecule has 3 unspecified atom stereocenters. The molecular weight excluding hydrogens is 555 g/mol. The number of esters is 2. The summed E-state index contributed by atoms with van der Waals surface area (Å²) in [5.41, 5.74) is 0.559. The normalized spacial score (nSPS) is 20.6. The number of aliphatic imine (C=N–C) groups is 1. The number of hydrogen-bond donors (Lipinski definition) is 2. The number of carbonyl (C=O) groups is 3. The Bertz CT molecular complexity index is 1300. The molecule has 208 valence electrons. The molecule has 3 heterocycles. The molecule has 14 heteroatoms. The van der Waals surface area contributed by atoms with E-state index in [1.807, 2.05) is 0 Å². The molecule has 0 radical (unpaired) electrons. The zero-order valence-electron chi connectivity index (χ0n) is 21.1. The summed E-state index contributed by atoms with van der Waals surface area (Å²) in [4.78, 5) is 48.4. The van der Waals surface area contributed by atoms with Crippen molar-refractivity contribution in [1.29, 1.82) is 0 Å². The molecule has 2 aromatic rings. The van der Waals surface area contributed by atoms with Gasteiger partial charge in [0.05, 0.1) is 25.4 Å². The molecule has 39 heavy (non-hydrogen) atoms. The van der Waals surface area contributed by atoms with Crippen LogP contribution in [0.25, 0.3) is 0 Å². The van der Waals surface area contributed by atoms with Gasteiger partial charge in [0, 0.05) is 40.9 Å². The first-order valence-electron chi connectivity index (χ1n) is 12.0. The molecule has 4 rings (SSSR count). The number of thiazole rings is 1. The Hall–Kier alpha value is -3.39. The molecule has 2 N–H and O–H groups in total. The van der Waals surface area contributed by atoms with Gasteiger partial charge >= 0.3 is 17.9 Å². The van der Waals surface area contributed by atoms with Crippen molar-refractivity contribution >= 4 is 46.7 Å². The maximum atomic E-state index is 13.9. The number of ether oxygens (including phenoxy) is 3. The maximum Gasteiger partial charge on any atom is 0.347 e. The predicted octanol–water partition coefficient (Wildman–Crippen LogP) is 2.56. The third-order valence-electron chi connectivity index (χ3n) is 6.03. The molecule has 0 aliphatic carbocycles. The zero-order chi connectivity index (χ0) is 28.1. The van der Waals surface area contributed by atoms with E-state index in [1.54, 1.807) is 23.4 Å². The Morgan fingerprint density at radius 3 is 2.85 bits per heavy atom. The standard InChI is InChI=1S/C25H26ClFN4O7S/c1-3-37-24(34)13(2)38-25(35)19-17(11-31-7-8-36-12-18(31)23(32)33)29-21(22-28-6-9-39-22)30-20(19)15-5-4-14(27)10-16(15)26/h4-6,9-10,13,18,20H,3,7-8,11-12H2,1-2H3,(H,29,30)(H,32,33). The average Bonchev–Trinajstić information content (AvgIpc) is 3.44. The van der Waals surface area contributed by atoms with Gasteiger partial charge in [0.1, 0.15) is 17.9 Å². The van der Waals surface area contributed by atoms with Crippen LogP contribution in [0.3, 0.4) is 0 Å². The van der Waals surface area contributed by atoms with Gasteiger partial charge in [-0.2, -0.15) is 0 Å². The van der Waals surface area contributed by atoms with Crippen molar-refractivity contribution < 1.29 is 38.1 Å². The molecule has 0 bridgehead atoms. The summed E-state index contributed by atoms with van der Waals surface area (Å²) in [6.07, 6.45) is 0.343. The highest BCUT2D eigenvalue weighted by molar-refractivity contribution is 7.11. The summed E-state index contributed by atoms with van der Waals surface area (Å²) in [5.74, 6) is -2.99. The van der Waals surface area contributed by atoms with Gasteiger partial charge in [0.25, 0.3) is 0 Å². The first-order chi connectivity index (χ1) is 18.7. The Kier molecular flexibility index (Phi) is 9.28. The minimum absolute atomic E-state index is 0.0158. The molecule has 0 saturated carbocycles. The van der Waals surface area contributed by atoms with Gasteiger partial charge in [0.15, 0.2) is 16.9 Å². The van der Waals surface area contributed by atoms with Crippen LogP contribution in [0.1, 0.15) is 30.5 Å². The Morgan fingerprint density at radius 2 is 2.18 bits per heavy atom. The van der Waals surface area contributed by atoms with Crippen molar-refractivity contribution in [3.63, 3.8) is 0 Å². The number of carbonyl (C=O) groups excluding carboxylic acids is 2. The SMILES string of the molecule is CCOC(=O)C(C)OC(=O)C1=C(CN2CCOCC2C(=O)O)NC(c2nccs2)=NC1c1ccc(F)cc1Cl. The largest absolute Gasteiger partial charge is 0.480 e. The van der Waals surface area contributed by atoms with Crippen molar-refractivity contribution in [2.24, 2.45) is 4.99 Å². The quantitative estimate of drug-likeness (QED) is 0.425. The number of aromatic nitrogens is 1. The summed E-state index contributed by atoms with van der Waals surface area (Å²) in [6, 6.07) is 1.64. The number of carboxylic acids is 1. The smallest absolute Gasteiger partial charge is 0.347 e. The van der Waals surface area contributed by atoms with E-state index in [1.165, 1.54) is 30.4 Å². The van der Waals surface area contributed by atoms with E-state index in [4.69, 9.17) is 25.8 Å². The van der Waals surface area contributed by atoms with Gasteiger partial charge in [-0.1, -0.05) is 17.7 Å². The lowest BCUT2D eigenvalue weighted by atomic mass is 9.95. The molecule has 1 fully saturated rings. The second kappa shape index (κ2) is 12.6. The molecule has 1 aromatic carbocycles. The third-order valence-corrected chi connectivity index (χ3v) is 7.13. The van der Waals surface area contributed by atoms with Crippen LogP contribution < -0.4 is 5.32 Å². The van der Waals surface area contributed by atoms with E-state index < -0.39 is 41.9 Å². The van der Waals surface area contributed by atoms with Crippen LogP contribution in [0.15, 0.2) is 46.0 Å². The fraction of sp³-hybridized carbons (Fsp3) is 0.400. The number of nitrogens with one attached hydrogen (secondary N) is 1. The maximum absolute atomic E-state index is 13.9. The Morgan fingerprint density at radius 1 is 1.38 bits per heavy atom. The number of amidine groups is 1. The first kappa shape index (κ1) is 28.6. The molecule has 2 aliphatic heterocycles. The molecule has 0 amide bonds. The summed E-state index contributed by atoms with van der Waals surface area (Å²) < 4.78 is 29.7. The van der Waals surface area contributed by atoms with Crippen molar-refractivity contribution in [2.45, 2.75) is 32.0 Å². The van der Waals surface area contributed by atoms with E-state index in [-0.39, 0.29) is 49.2 Å². The lowest BCUT2D eigenvalue weighted by molar-refractivity contribution is -0.164. The van der Waals surface area contributed by atoms with E-state index in [9.17, 15) is 23.9 Å². The van der Waals surface area contributed by atoms with Crippen molar-refractivity contribution in [3.05, 3.63) is 62.5 Å². The molecular formula is C25H26ClFN4O7S. The second-order valence-corrected chi connectivity index (χ2v) is 9.90. The van der Waals surface area contributed by atoms with Crippen LogP contribution in [-0.2, 0) is 28.6 Å². The Labute approximate surface area is 232 Å². The highest BCUT2D eigenvalue weighted by Crippen LogP contribution is 2.37. The van der Waals surface area contributed by atoms with E-state index >= 15 is 0 Å². The number of benzene rings is 1. The van der Waals surface area contributed by atoms with E-state index in [0.717, 1.165) is 6.07 Å². The average molecular weight is 581 g/mol. The minimum Gasteiger partial charge on any atom is -0.480 e. The van der Waals surface area contributed by atoms with Crippen LogP contribution >= 0.6 is 22.9 Å². The van der Waals surface area contributed by atoms with Crippen LogP contribution in [0, 0.1) is 5.82 Å². The van der Waals surface area contributed by atoms with Crippen LogP contribution in [-0.4, -0.2) is 83.8 Å². The molecule has 1 aromatic heterocycles. The lowest BCUT2D eigenvalue weighted by Gasteiger charge is -2.35. The van der Waals surface area contributed by atoms with Gasteiger partial charge in [-0.25, -0.2) is 19.0 Å². The van der Waals surface area contributed by atoms with Gasteiger partial charge in [0.2, 0.25) is 0 Å². The van der Waals surface area contributed by atoms with Crippen molar-refractivity contribution in [3.8, 4) is 0 Å². The number of rotatable bonds is 9. The third kappa shape index (κ3) is 6.61. The summed E-state index contributed by atoms with van der Waals surface area (Å²) in [6.45, 7) is 3.59. The number of carboxylic acid groups (broad SMARTS) is 1. The summed E-state index contributed by atoms with van der Waals surface area (Å²) in [7, 11) is 0. The van der Waals surface area contributed by atoms with Crippen LogP contribution in [0.5, 0.6) is 0 Å². The number of aliphatic carboxylic acids is 1. The second-order valence-electron chi connectivity index (χ2n) is 8.60. The molecule has 2 aliphatic rings.